The van der Waals surface area contributed by atoms with E-state index in [9.17, 15) is 4.79 Å². The molecule has 158 valence electrons. The maximum absolute atomic E-state index is 12.4. The molecular formula is C24H38O4. The Morgan fingerprint density at radius 2 is 1.82 bits per heavy atom. The zero-order valence-electron chi connectivity index (χ0n) is 19.2. The highest BCUT2D eigenvalue weighted by Gasteiger charge is 2.63. The molecule has 0 aromatic rings. The van der Waals surface area contributed by atoms with E-state index < -0.39 is 11.2 Å². The highest BCUT2D eigenvalue weighted by atomic mass is 17.2. The van der Waals surface area contributed by atoms with E-state index in [1.54, 1.807) is 6.92 Å². The number of rotatable bonds is 6. The summed E-state index contributed by atoms with van der Waals surface area (Å²) in [6, 6.07) is 0. The van der Waals surface area contributed by atoms with Crippen LogP contribution >= 0.6 is 0 Å². The fourth-order valence-electron chi connectivity index (χ4n) is 4.25. The van der Waals surface area contributed by atoms with E-state index in [0.717, 1.165) is 19.3 Å². The predicted molar refractivity (Wildman–Crippen MR) is 111 cm³/mol. The molecule has 0 aliphatic heterocycles. The van der Waals surface area contributed by atoms with Crippen molar-refractivity contribution in [3.05, 3.63) is 12.2 Å². The Morgan fingerprint density at radius 3 is 2.29 bits per heavy atom. The predicted octanol–water partition coefficient (Wildman–Crippen LogP) is 5.47. The number of esters is 1. The number of ether oxygens (including phenoxy) is 1. The monoisotopic (exact) mass is 390 g/mol. The summed E-state index contributed by atoms with van der Waals surface area (Å²) in [5, 5.41) is 0. The van der Waals surface area contributed by atoms with Gasteiger partial charge >= 0.3 is 5.97 Å². The lowest BCUT2D eigenvalue weighted by molar-refractivity contribution is -0.388. The number of carbonyl (C=O) groups excluding carboxylic acids is 1. The number of hydrogen-bond acceptors (Lipinski definition) is 4. The normalized spacial score (nSPS) is 31.2. The molecule has 2 saturated carbocycles. The summed E-state index contributed by atoms with van der Waals surface area (Å²) in [7, 11) is 0. The van der Waals surface area contributed by atoms with Gasteiger partial charge in [0.05, 0.1) is 5.60 Å². The number of carbonyl (C=O) groups is 1. The second-order valence-corrected chi connectivity index (χ2v) is 10.5. The van der Waals surface area contributed by atoms with Crippen molar-refractivity contribution in [2.24, 2.45) is 23.2 Å². The molecule has 0 saturated heterocycles. The van der Waals surface area contributed by atoms with Gasteiger partial charge in [-0.15, -0.1) is 0 Å². The number of fused-ring (bicyclic) bond motifs is 2. The van der Waals surface area contributed by atoms with Gasteiger partial charge in [-0.05, 0) is 64.7 Å². The topological polar surface area (TPSA) is 44.8 Å². The molecule has 0 amide bonds. The van der Waals surface area contributed by atoms with Crippen molar-refractivity contribution < 1.29 is 19.3 Å². The summed E-state index contributed by atoms with van der Waals surface area (Å²) in [5.74, 6) is 7.30. The SMILES string of the molecule is C=C(C)C(=O)O[C@@]1(C#CC(C)(C)OOC(C)(C)CC)C[C@H]2C[C@H]1[C@H](C)C2(C)C. The third-order valence-corrected chi connectivity index (χ3v) is 7.04. The van der Waals surface area contributed by atoms with E-state index in [0.29, 0.717) is 17.4 Å². The average Bonchev–Trinajstić information content (AvgIpc) is 3.07. The van der Waals surface area contributed by atoms with Crippen molar-refractivity contribution >= 4 is 5.97 Å². The molecule has 2 rings (SSSR count). The molecule has 2 aliphatic carbocycles. The quantitative estimate of drug-likeness (QED) is 0.198. The summed E-state index contributed by atoms with van der Waals surface area (Å²) >= 11 is 0. The third kappa shape index (κ3) is 4.47. The van der Waals surface area contributed by atoms with Gasteiger partial charge in [0.1, 0.15) is 0 Å². The van der Waals surface area contributed by atoms with Crippen LogP contribution in [0, 0.1) is 35.0 Å². The summed E-state index contributed by atoms with van der Waals surface area (Å²) in [6.45, 7) is 22.1. The first-order chi connectivity index (χ1) is 12.7. The van der Waals surface area contributed by atoms with Gasteiger partial charge in [-0.3, -0.25) is 0 Å². The molecule has 4 heteroatoms. The molecule has 0 spiro atoms. The van der Waals surface area contributed by atoms with Crippen LogP contribution in [0.2, 0.25) is 0 Å². The van der Waals surface area contributed by atoms with Crippen LogP contribution in [-0.2, 0) is 19.3 Å². The molecule has 4 nitrogen and oxygen atoms in total. The van der Waals surface area contributed by atoms with Crippen LogP contribution in [0.1, 0.15) is 81.6 Å². The van der Waals surface area contributed by atoms with E-state index in [4.69, 9.17) is 14.5 Å². The molecule has 4 atom stereocenters. The molecule has 0 heterocycles. The zero-order valence-corrected chi connectivity index (χ0v) is 19.2. The van der Waals surface area contributed by atoms with Gasteiger partial charge in [-0.2, -0.15) is 0 Å². The summed E-state index contributed by atoms with van der Waals surface area (Å²) in [6.07, 6.45) is 2.62. The summed E-state index contributed by atoms with van der Waals surface area (Å²) < 4.78 is 6.01. The van der Waals surface area contributed by atoms with E-state index in [-0.39, 0.29) is 22.9 Å². The molecule has 0 N–H and O–H groups in total. The zero-order chi connectivity index (χ0) is 21.5. The second kappa shape index (κ2) is 7.50. The molecule has 0 radical (unpaired) electrons. The second-order valence-electron chi connectivity index (χ2n) is 10.5. The van der Waals surface area contributed by atoms with Crippen LogP contribution in [0.5, 0.6) is 0 Å². The fourth-order valence-corrected chi connectivity index (χ4v) is 4.25. The Balaban J connectivity index is 2.30. The van der Waals surface area contributed by atoms with Gasteiger partial charge in [-0.25, -0.2) is 14.6 Å². The minimum atomic E-state index is -0.810. The summed E-state index contributed by atoms with van der Waals surface area (Å²) in [5.41, 5.74) is -1.34. The van der Waals surface area contributed by atoms with Crippen molar-refractivity contribution in [3.8, 4) is 11.8 Å². The molecule has 0 unspecified atom stereocenters. The lowest BCUT2D eigenvalue weighted by Gasteiger charge is -2.44. The van der Waals surface area contributed by atoms with E-state index in [1.807, 2.05) is 34.6 Å². The van der Waals surface area contributed by atoms with Crippen molar-refractivity contribution in [3.63, 3.8) is 0 Å². The lowest BCUT2D eigenvalue weighted by atomic mass is 9.64. The van der Waals surface area contributed by atoms with Crippen molar-refractivity contribution in [1.82, 2.24) is 0 Å². The van der Waals surface area contributed by atoms with Crippen LogP contribution in [-0.4, -0.2) is 22.8 Å². The van der Waals surface area contributed by atoms with Gasteiger partial charge in [-0.1, -0.05) is 46.1 Å². The first-order valence-electron chi connectivity index (χ1n) is 10.5. The van der Waals surface area contributed by atoms with Gasteiger partial charge in [0.15, 0.2) is 11.2 Å². The minimum absolute atomic E-state index is 0.215. The summed E-state index contributed by atoms with van der Waals surface area (Å²) in [4.78, 5) is 23.7. The molecule has 0 aromatic carbocycles. The lowest BCUT2D eigenvalue weighted by Crippen LogP contribution is -2.47. The molecule has 2 fully saturated rings. The Morgan fingerprint density at radius 1 is 1.21 bits per heavy atom. The Labute approximate surface area is 171 Å². The van der Waals surface area contributed by atoms with E-state index >= 15 is 0 Å². The average molecular weight is 391 g/mol. The number of hydrogen-bond donors (Lipinski definition) is 0. The Kier molecular flexibility index (Phi) is 6.16. The maximum atomic E-state index is 12.4. The van der Waals surface area contributed by atoms with Crippen molar-refractivity contribution in [2.45, 2.75) is 98.4 Å². The fraction of sp³-hybridized carbons (Fsp3) is 0.792. The van der Waals surface area contributed by atoms with Crippen molar-refractivity contribution in [1.29, 1.82) is 0 Å². The standard InChI is InChI=1S/C24H38O4/c1-11-21(5,6)27-28-22(7,8)12-13-24(26-20(25)16(2)3)15-18-14-19(24)17(4)23(18,9)10/h17-19H,2,11,14-15H2,1,3-10H3/t17-,18+,19-,24-/m0/s1. The van der Waals surface area contributed by atoms with Gasteiger partial charge in [0, 0.05) is 17.9 Å². The minimum Gasteiger partial charge on any atom is -0.442 e. The smallest absolute Gasteiger partial charge is 0.334 e. The largest absolute Gasteiger partial charge is 0.442 e. The van der Waals surface area contributed by atoms with Crippen LogP contribution in [0.3, 0.4) is 0 Å². The molecule has 28 heavy (non-hydrogen) atoms. The highest BCUT2D eigenvalue weighted by Crippen LogP contribution is 2.63. The van der Waals surface area contributed by atoms with Gasteiger partial charge in [0.25, 0.3) is 0 Å². The van der Waals surface area contributed by atoms with Crippen LogP contribution in [0.4, 0.5) is 0 Å². The van der Waals surface area contributed by atoms with E-state index in [1.165, 1.54) is 0 Å². The maximum Gasteiger partial charge on any atom is 0.334 e. The van der Waals surface area contributed by atoms with Crippen LogP contribution < -0.4 is 0 Å². The van der Waals surface area contributed by atoms with E-state index in [2.05, 4.69) is 39.2 Å². The molecule has 0 aromatic heterocycles. The highest BCUT2D eigenvalue weighted by molar-refractivity contribution is 5.87. The van der Waals surface area contributed by atoms with Crippen LogP contribution in [0.25, 0.3) is 0 Å². The van der Waals surface area contributed by atoms with Crippen LogP contribution in [0.15, 0.2) is 12.2 Å². The Bertz CT molecular complexity index is 687. The molecule has 2 aliphatic rings. The van der Waals surface area contributed by atoms with Gasteiger partial charge < -0.3 is 4.74 Å². The van der Waals surface area contributed by atoms with Gasteiger partial charge in [0.2, 0.25) is 0 Å². The molecule has 2 bridgehead atoms. The molecular weight excluding hydrogens is 352 g/mol. The Hall–Kier alpha value is -1.31. The first kappa shape index (κ1) is 23.0. The van der Waals surface area contributed by atoms with Crippen molar-refractivity contribution in [2.75, 3.05) is 0 Å². The third-order valence-electron chi connectivity index (χ3n) is 7.04. The first-order valence-corrected chi connectivity index (χ1v) is 10.5.